The monoisotopic (exact) mass is 157 g/mol. The van der Waals surface area contributed by atoms with Gasteiger partial charge in [0.1, 0.15) is 0 Å². The van der Waals surface area contributed by atoms with Crippen molar-refractivity contribution in [3.8, 4) is 0 Å². The maximum Gasteiger partial charge on any atom is 0.0615 e. The average molecular weight is 157 g/mol. The lowest BCUT2D eigenvalue weighted by Crippen LogP contribution is -2.40. The van der Waals surface area contributed by atoms with Gasteiger partial charge in [-0.25, -0.2) is 0 Å². The van der Waals surface area contributed by atoms with Gasteiger partial charge < -0.3 is 10.1 Å². The van der Waals surface area contributed by atoms with E-state index in [0.29, 0.717) is 6.04 Å². The highest BCUT2D eigenvalue weighted by molar-refractivity contribution is 4.77. The van der Waals surface area contributed by atoms with Gasteiger partial charge in [-0.05, 0) is 25.3 Å². The Labute approximate surface area is 69.3 Å². The Kier molecular flexibility index (Phi) is 3.87. The Morgan fingerprint density at radius 2 is 2.36 bits per heavy atom. The van der Waals surface area contributed by atoms with Gasteiger partial charge in [0, 0.05) is 13.2 Å². The Morgan fingerprint density at radius 1 is 1.55 bits per heavy atom. The minimum Gasteiger partial charge on any atom is -0.383 e. The molecule has 1 fully saturated rings. The molecule has 1 saturated heterocycles. The summed E-state index contributed by atoms with van der Waals surface area (Å²) in [5.41, 5.74) is 0. The van der Waals surface area contributed by atoms with E-state index >= 15 is 0 Å². The summed E-state index contributed by atoms with van der Waals surface area (Å²) in [6.07, 6.45) is 3.96. The minimum atomic E-state index is 0.610. The van der Waals surface area contributed by atoms with Crippen LogP contribution in [0.5, 0.6) is 0 Å². The molecular weight excluding hydrogens is 138 g/mol. The Bertz CT molecular complexity index is 104. The molecule has 1 heterocycles. The maximum atomic E-state index is 5.11. The SMILES string of the molecule is CCC1CCNC(COC)C1. The predicted octanol–water partition coefficient (Wildman–Crippen LogP) is 1.41. The molecule has 11 heavy (non-hydrogen) atoms. The lowest BCUT2D eigenvalue weighted by atomic mass is 9.91. The number of methoxy groups -OCH3 is 1. The minimum absolute atomic E-state index is 0.610. The molecule has 2 heteroatoms. The largest absolute Gasteiger partial charge is 0.383 e. The molecule has 0 saturated carbocycles. The van der Waals surface area contributed by atoms with Crippen LogP contribution in [0.15, 0.2) is 0 Å². The standard InChI is InChI=1S/C9H19NO/c1-3-8-4-5-10-9(6-8)7-11-2/h8-10H,3-7H2,1-2H3. The van der Waals surface area contributed by atoms with E-state index in [1.807, 2.05) is 0 Å². The fourth-order valence-electron chi connectivity index (χ4n) is 1.79. The predicted molar refractivity (Wildman–Crippen MR) is 46.7 cm³/mol. The lowest BCUT2D eigenvalue weighted by Gasteiger charge is -2.29. The second kappa shape index (κ2) is 4.73. The second-order valence-corrected chi connectivity index (χ2v) is 3.41. The molecule has 0 aromatic rings. The molecule has 0 aromatic carbocycles. The van der Waals surface area contributed by atoms with Crippen LogP contribution < -0.4 is 5.32 Å². The molecule has 66 valence electrons. The molecule has 0 bridgehead atoms. The zero-order valence-corrected chi connectivity index (χ0v) is 7.60. The van der Waals surface area contributed by atoms with E-state index in [-0.39, 0.29) is 0 Å². The van der Waals surface area contributed by atoms with Crippen LogP contribution in [0.25, 0.3) is 0 Å². The summed E-state index contributed by atoms with van der Waals surface area (Å²) in [7, 11) is 1.78. The second-order valence-electron chi connectivity index (χ2n) is 3.41. The zero-order valence-electron chi connectivity index (χ0n) is 7.60. The van der Waals surface area contributed by atoms with Crippen LogP contribution in [-0.4, -0.2) is 26.3 Å². The van der Waals surface area contributed by atoms with Gasteiger partial charge in [-0.15, -0.1) is 0 Å². The van der Waals surface area contributed by atoms with Crippen LogP contribution >= 0.6 is 0 Å². The van der Waals surface area contributed by atoms with Crippen LogP contribution in [0, 0.1) is 5.92 Å². The fraction of sp³-hybridized carbons (Fsp3) is 1.00. The molecule has 1 aliphatic rings. The summed E-state index contributed by atoms with van der Waals surface area (Å²) in [6.45, 7) is 4.32. The molecule has 0 aromatic heterocycles. The van der Waals surface area contributed by atoms with Gasteiger partial charge in [-0.2, -0.15) is 0 Å². The third kappa shape index (κ3) is 2.80. The zero-order chi connectivity index (χ0) is 8.10. The maximum absolute atomic E-state index is 5.11. The van der Waals surface area contributed by atoms with Gasteiger partial charge in [0.2, 0.25) is 0 Å². The highest BCUT2D eigenvalue weighted by Crippen LogP contribution is 2.18. The number of nitrogens with one attached hydrogen (secondary N) is 1. The van der Waals surface area contributed by atoms with Gasteiger partial charge in [-0.3, -0.25) is 0 Å². The molecule has 1 N–H and O–H groups in total. The molecule has 2 unspecified atom stereocenters. The van der Waals surface area contributed by atoms with Crippen LogP contribution in [0.3, 0.4) is 0 Å². The summed E-state index contributed by atoms with van der Waals surface area (Å²) in [6, 6.07) is 0.610. The molecule has 1 aliphatic heterocycles. The van der Waals surface area contributed by atoms with Gasteiger partial charge in [0.05, 0.1) is 6.61 Å². The number of ether oxygens (including phenoxy) is 1. The van der Waals surface area contributed by atoms with Gasteiger partial charge >= 0.3 is 0 Å². The normalized spacial score (nSPS) is 32.2. The molecular formula is C9H19NO. The van der Waals surface area contributed by atoms with Gasteiger partial charge in [0.25, 0.3) is 0 Å². The van der Waals surface area contributed by atoms with E-state index in [1.54, 1.807) is 7.11 Å². The first kappa shape index (κ1) is 9.01. The van der Waals surface area contributed by atoms with E-state index in [1.165, 1.54) is 25.8 Å². The van der Waals surface area contributed by atoms with Crippen molar-refractivity contribution in [1.82, 2.24) is 5.32 Å². The number of piperidine rings is 1. The first-order chi connectivity index (χ1) is 5.36. The van der Waals surface area contributed by atoms with E-state index in [9.17, 15) is 0 Å². The number of hydrogen-bond donors (Lipinski definition) is 1. The molecule has 1 rings (SSSR count). The number of rotatable bonds is 3. The molecule has 0 aliphatic carbocycles. The van der Waals surface area contributed by atoms with Crippen LogP contribution in [0.4, 0.5) is 0 Å². The summed E-state index contributed by atoms with van der Waals surface area (Å²) in [5.74, 6) is 0.927. The van der Waals surface area contributed by atoms with Crippen molar-refractivity contribution in [3.05, 3.63) is 0 Å². The Balaban J connectivity index is 2.21. The van der Waals surface area contributed by atoms with E-state index in [0.717, 1.165) is 12.5 Å². The lowest BCUT2D eigenvalue weighted by molar-refractivity contribution is 0.138. The van der Waals surface area contributed by atoms with Crippen molar-refractivity contribution >= 4 is 0 Å². The summed E-state index contributed by atoms with van der Waals surface area (Å²) >= 11 is 0. The molecule has 0 amide bonds. The van der Waals surface area contributed by atoms with Crippen LogP contribution in [0.2, 0.25) is 0 Å². The van der Waals surface area contributed by atoms with Crippen molar-refractivity contribution in [2.24, 2.45) is 5.92 Å². The highest BCUT2D eigenvalue weighted by Gasteiger charge is 2.19. The Hall–Kier alpha value is -0.0800. The fourth-order valence-corrected chi connectivity index (χ4v) is 1.79. The van der Waals surface area contributed by atoms with E-state index in [4.69, 9.17) is 4.74 Å². The van der Waals surface area contributed by atoms with Crippen molar-refractivity contribution in [2.75, 3.05) is 20.3 Å². The van der Waals surface area contributed by atoms with Crippen molar-refractivity contribution in [2.45, 2.75) is 32.2 Å². The topological polar surface area (TPSA) is 21.3 Å². The highest BCUT2D eigenvalue weighted by atomic mass is 16.5. The average Bonchev–Trinajstić information content (AvgIpc) is 2.06. The van der Waals surface area contributed by atoms with Crippen molar-refractivity contribution in [3.63, 3.8) is 0 Å². The smallest absolute Gasteiger partial charge is 0.0615 e. The summed E-state index contributed by atoms with van der Waals surface area (Å²) in [5, 5.41) is 3.46. The van der Waals surface area contributed by atoms with Crippen LogP contribution in [0.1, 0.15) is 26.2 Å². The number of hydrogen-bond acceptors (Lipinski definition) is 2. The molecule has 2 atom stereocenters. The third-order valence-corrected chi connectivity index (χ3v) is 2.55. The summed E-state index contributed by atoms with van der Waals surface area (Å²) < 4.78 is 5.11. The first-order valence-electron chi connectivity index (χ1n) is 4.59. The van der Waals surface area contributed by atoms with Crippen molar-refractivity contribution in [1.29, 1.82) is 0 Å². The molecule has 0 radical (unpaired) electrons. The third-order valence-electron chi connectivity index (χ3n) is 2.55. The molecule has 0 spiro atoms. The quantitative estimate of drug-likeness (QED) is 0.669. The van der Waals surface area contributed by atoms with Gasteiger partial charge in [-0.1, -0.05) is 13.3 Å². The Morgan fingerprint density at radius 3 is 3.00 bits per heavy atom. The van der Waals surface area contributed by atoms with E-state index < -0.39 is 0 Å². The van der Waals surface area contributed by atoms with Crippen LogP contribution in [-0.2, 0) is 4.74 Å². The van der Waals surface area contributed by atoms with E-state index in [2.05, 4.69) is 12.2 Å². The first-order valence-corrected chi connectivity index (χ1v) is 4.59. The van der Waals surface area contributed by atoms with Gasteiger partial charge in [0.15, 0.2) is 0 Å². The van der Waals surface area contributed by atoms with Crippen molar-refractivity contribution < 1.29 is 4.74 Å². The summed E-state index contributed by atoms with van der Waals surface area (Å²) in [4.78, 5) is 0. The molecule has 2 nitrogen and oxygen atoms in total.